The van der Waals surface area contributed by atoms with E-state index in [4.69, 9.17) is 11.5 Å². The number of nitro groups is 2. The monoisotopic (exact) mass is 268 g/mol. The van der Waals surface area contributed by atoms with Crippen molar-refractivity contribution < 1.29 is 9.85 Å². The van der Waals surface area contributed by atoms with Gasteiger partial charge in [-0.3, -0.25) is 20.2 Å². The van der Waals surface area contributed by atoms with E-state index < -0.39 is 15.9 Å². The lowest BCUT2D eigenvalue weighted by molar-refractivity contribution is -0.394. The molecule has 0 radical (unpaired) electrons. The Kier molecular flexibility index (Phi) is 5.34. The van der Waals surface area contributed by atoms with Crippen LogP contribution in [0.3, 0.4) is 0 Å². The lowest BCUT2D eigenvalue weighted by Crippen LogP contribution is -2.13. The van der Waals surface area contributed by atoms with Gasteiger partial charge in [-0.2, -0.15) is 0 Å². The van der Waals surface area contributed by atoms with Crippen LogP contribution in [0.25, 0.3) is 0 Å². The number of rotatable bonds is 7. The smallest absolute Gasteiger partial charge is 0.281 e. The van der Waals surface area contributed by atoms with E-state index in [2.05, 4.69) is 0 Å². The highest BCUT2D eigenvalue weighted by Gasteiger charge is 2.22. The summed E-state index contributed by atoms with van der Waals surface area (Å²) in [5.74, 6) is 0. The summed E-state index contributed by atoms with van der Waals surface area (Å²) in [5.41, 5.74) is 10.9. The van der Waals surface area contributed by atoms with Crippen molar-refractivity contribution in [3.05, 3.63) is 44.0 Å². The fourth-order valence-electron chi connectivity index (χ4n) is 1.78. The van der Waals surface area contributed by atoms with Crippen molar-refractivity contribution in [2.45, 2.75) is 25.3 Å². The molecule has 0 saturated carbocycles. The number of benzene rings is 1. The summed E-state index contributed by atoms with van der Waals surface area (Å²) in [5, 5.41) is 21.5. The highest BCUT2D eigenvalue weighted by molar-refractivity contribution is 5.50. The molecule has 0 aliphatic heterocycles. The van der Waals surface area contributed by atoms with Crippen LogP contribution >= 0.6 is 0 Å². The van der Waals surface area contributed by atoms with Gasteiger partial charge in [0.1, 0.15) is 0 Å². The predicted molar refractivity (Wildman–Crippen MR) is 69.6 cm³/mol. The second kappa shape index (κ2) is 6.76. The van der Waals surface area contributed by atoms with Crippen molar-refractivity contribution in [3.8, 4) is 0 Å². The zero-order valence-corrected chi connectivity index (χ0v) is 10.3. The van der Waals surface area contributed by atoms with Gasteiger partial charge in [0.15, 0.2) is 0 Å². The first-order valence-corrected chi connectivity index (χ1v) is 5.85. The lowest BCUT2D eigenvalue weighted by Gasteiger charge is -2.11. The van der Waals surface area contributed by atoms with Crippen molar-refractivity contribution in [1.82, 2.24) is 0 Å². The summed E-state index contributed by atoms with van der Waals surface area (Å²) in [6.07, 6.45) is 2.09. The Morgan fingerprint density at radius 2 is 1.84 bits per heavy atom. The second-order valence-corrected chi connectivity index (χ2v) is 4.15. The fourth-order valence-corrected chi connectivity index (χ4v) is 1.78. The maximum absolute atomic E-state index is 10.9. The topological polar surface area (TPSA) is 138 Å². The van der Waals surface area contributed by atoms with Crippen LogP contribution in [-0.4, -0.2) is 16.4 Å². The van der Waals surface area contributed by atoms with Crippen LogP contribution in [0, 0.1) is 20.2 Å². The average molecular weight is 268 g/mol. The van der Waals surface area contributed by atoms with Gasteiger partial charge < -0.3 is 11.5 Å². The second-order valence-electron chi connectivity index (χ2n) is 4.15. The van der Waals surface area contributed by atoms with E-state index in [1.54, 1.807) is 0 Å². The van der Waals surface area contributed by atoms with E-state index in [-0.39, 0.29) is 11.4 Å². The zero-order valence-electron chi connectivity index (χ0n) is 10.3. The highest BCUT2D eigenvalue weighted by atomic mass is 16.6. The Hall–Kier alpha value is -2.06. The number of hydrogen-bond acceptors (Lipinski definition) is 6. The van der Waals surface area contributed by atoms with E-state index in [9.17, 15) is 20.2 Å². The predicted octanol–water partition coefficient (Wildman–Crippen LogP) is 1.63. The molecule has 0 aliphatic carbocycles. The molecule has 1 aromatic rings. The molecule has 0 aliphatic rings. The standard InChI is InChI=1S/C11H16N4O4/c12-6-2-1-3-10(13)9-5-4-8(14(16)17)7-11(9)15(18)19/h4-5,7,10H,1-3,6,12-13H2. The quantitative estimate of drug-likeness (QED) is 0.437. The largest absolute Gasteiger partial charge is 0.330 e. The van der Waals surface area contributed by atoms with Gasteiger partial charge in [0.05, 0.1) is 15.9 Å². The van der Waals surface area contributed by atoms with Crippen LogP contribution in [0.4, 0.5) is 11.4 Å². The Morgan fingerprint density at radius 3 is 2.37 bits per heavy atom. The fraction of sp³-hybridized carbons (Fsp3) is 0.455. The number of nitrogens with zero attached hydrogens (tertiary/aromatic N) is 2. The number of hydrogen-bond donors (Lipinski definition) is 2. The summed E-state index contributed by atoms with van der Waals surface area (Å²) in [6, 6.07) is 3.00. The maximum Gasteiger partial charge on any atom is 0.281 e. The van der Waals surface area contributed by atoms with Crippen LogP contribution < -0.4 is 11.5 Å². The number of nitro benzene ring substituents is 2. The van der Waals surface area contributed by atoms with Crippen molar-refractivity contribution in [2.24, 2.45) is 11.5 Å². The summed E-state index contributed by atoms with van der Waals surface area (Å²) < 4.78 is 0. The van der Waals surface area contributed by atoms with Gasteiger partial charge in [-0.25, -0.2) is 0 Å². The molecule has 0 spiro atoms. The van der Waals surface area contributed by atoms with Crippen molar-refractivity contribution >= 4 is 11.4 Å². The van der Waals surface area contributed by atoms with Gasteiger partial charge in [-0.15, -0.1) is 0 Å². The molecule has 104 valence electrons. The summed E-state index contributed by atoms with van der Waals surface area (Å²) in [4.78, 5) is 20.2. The average Bonchev–Trinajstić information content (AvgIpc) is 2.38. The number of non-ortho nitro benzene ring substituents is 1. The van der Waals surface area contributed by atoms with Crippen molar-refractivity contribution in [2.75, 3.05) is 6.54 Å². The molecule has 0 heterocycles. The third kappa shape index (κ3) is 3.97. The molecule has 1 atom stereocenters. The van der Waals surface area contributed by atoms with Crippen LogP contribution in [0.2, 0.25) is 0 Å². The summed E-state index contributed by atoms with van der Waals surface area (Å²) >= 11 is 0. The molecule has 0 amide bonds. The van der Waals surface area contributed by atoms with Gasteiger partial charge in [0, 0.05) is 17.7 Å². The minimum atomic E-state index is -0.670. The first-order valence-electron chi connectivity index (χ1n) is 5.85. The van der Waals surface area contributed by atoms with Gasteiger partial charge in [-0.1, -0.05) is 6.42 Å². The minimum Gasteiger partial charge on any atom is -0.330 e. The van der Waals surface area contributed by atoms with Crippen LogP contribution in [0.1, 0.15) is 30.9 Å². The molecule has 8 nitrogen and oxygen atoms in total. The van der Waals surface area contributed by atoms with Crippen LogP contribution in [0.5, 0.6) is 0 Å². The highest BCUT2D eigenvalue weighted by Crippen LogP contribution is 2.30. The van der Waals surface area contributed by atoms with Gasteiger partial charge in [0.2, 0.25) is 0 Å². The van der Waals surface area contributed by atoms with Crippen molar-refractivity contribution in [1.29, 1.82) is 0 Å². The first kappa shape index (κ1) is 15.0. The molecule has 4 N–H and O–H groups in total. The Morgan fingerprint density at radius 1 is 1.16 bits per heavy atom. The Labute approximate surface area is 109 Å². The van der Waals surface area contributed by atoms with E-state index in [1.165, 1.54) is 12.1 Å². The molecule has 1 unspecified atom stereocenters. The van der Waals surface area contributed by atoms with Gasteiger partial charge in [0.25, 0.3) is 11.4 Å². The van der Waals surface area contributed by atoms with E-state index in [1.807, 2.05) is 0 Å². The number of nitrogens with two attached hydrogens (primary N) is 2. The van der Waals surface area contributed by atoms with E-state index >= 15 is 0 Å². The van der Waals surface area contributed by atoms with Gasteiger partial charge in [-0.05, 0) is 25.5 Å². The minimum absolute atomic E-state index is 0.311. The molecule has 0 bridgehead atoms. The van der Waals surface area contributed by atoms with E-state index in [0.29, 0.717) is 18.5 Å². The number of unbranched alkanes of at least 4 members (excludes halogenated alkanes) is 1. The van der Waals surface area contributed by atoms with Crippen LogP contribution in [-0.2, 0) is 0 Å². The zero-order chi connectivity index (χ0) is 14.4. The Bertz CT molecular complexity index is 478. The molecule has 0 aromatic heterocycles. The molecular formula is C11H16N4O4. The SMILES string of the molecule is NCCCCC(N)c1ccc([N+](=O)[O-])cc1[N+](=O)[O-]. The molecule has 0 saturated heterocycles. The first-order chi connectivity index (χ1) is 8.97. The lowest BCUT2D eigenvalue weighted by atomic mass is 10.00. The van der Waals surface area contributed by atoms with Crippen LogP contribution in [0.15, 0.2) is 18.2 Å². The third-order valence-electron chi connectivity index (χ3n) is 2.79. The normalized spacial score (nSPS) is 12.1. The third-order valence-corrected chi connectivity index (χ3v) is 2.79. The molecule has 1 rings (SSSR count). The molecule has 0 fully saturated rings. The summed E-state index contributed by atoms with van der Waals surface area (Å²) in [6.45, 7) is 0.537. The molecular weight excluding hydrogens is 252 g/mol. The van der Waals surface area contributed by atoms with Gasteiger partial charge >= 0.3 is 0 Å². The molecule has 8 heteroatoms. The maximum atomic E-state index is 10.9. The molecule has 1 aromatic carbocycles. The van der Waals surface area contributed by atoms with E-state index in [0.717, 1.165) is 18.9 Å². The Balaban J connectivity index is 2.99. The molecule has 19 heavy (non-hydrogen) atoms. The van der Waals surface area contributed by atoms with Crippen molar-refractivity contribution in [3.63, 3.8) is 0 Å². The summed E-state index contributed by atoms with van der Waals surface area (Å²) in [7, 11) is 0.